The van der Waals surface area contributed by atoms with E-state index in [1.807, 2.05) is 6.08 Å². The summed E-state index contributed by atoms with van der Waals surface area (Å²) >= 11 is 0. The molecule has 2 atom stereocenters. The Morgan fingerprint density at radius 2 is 2.55 bits per heavy atom. The van der Waals surface area contributed by atoms with Crippen LogP contribution in [0.25, 0.3) is 0 Å². The zero-order valence-electron chi connectivity index (χ0n) is 7.08. The van der Waals surface area contributed by atoms with Gasteiger partial charge in [-0.05, 0) is 12.8 Å². The van der Waals surface area contributed by atoms with Crippen LogP contribution in [0.15, 0.2) is 12.7 Å². The van der Waals surface area contributed by atoms with Gasteiger partial charge in [-0.15, -0.1) is 6.58 Å². The average molecular weight is 156 g/mol. The Morgan fingerprint density at radius 1 is 1.82 bits per heavy atom. The fourth-order valence-electron chi connectivity index (χ4n) is 0.946. The second kappa shape index (κ2) is 4.52. The van der Waals surface area contributed by atoms with Crippen molar-refractivity contribution in [2.75, 3.05) is 13.2 Å². The molecule has 0 aliphatic carbocycles. The molecule has 0 aromatic carbocycles. The van der Waals surface area contributed by atoms with Gasteiger partial charge in [0.2, 0.25) is 0 Å². The van der Waals surface area contributed by atoms with Crippen LogP contribution in [-0.4, -0.2) is 25.4 Å². The molecule has 2 heteroatoms. The van der Waals surface area contributed by atoms with E-state index in [1.165, 1.54) is 0 Å². The monoisotopic (exact) mass is 156 g/mol. The number of hydrogen-bond donors (Lipinski definition) is 0. The van der Waals surface area contributed by atoms with Crippen molar-refractivity contribution in [2.45, 2.75) is 32.0 Å². The van der Waals surface area contributed by atoms with E-state index in [1.54, 1.807) is 0 Å². The minimum Gasteiger partial charge on any atom is -0.375 e. The van der Waals surface area contributed by atoms with Crippen molar-refractivity contribution >= 4 is 0 Å². The number of rotatable bonds is 6. The zero-order chi connectivity index (χ0) is 8.10. The molecular weight excluding hydrogens is 140 g/mol. The minimum atomic E-state index is 0.344. The SMILES string of the molecule is C=CCC(CC)OCC1CO1. The smallest absolute Gasteiger partial charge is 0.104 e. The molecule has 0 bridgehead atoms. The second-order valence-electron chi connectivity index (χ2n) is 2.84. The van der Waals surface area contributed by atoms with Crippen molar-refractivity contribution in [1.29, 1.82) is 0 Å². The van der Waals surface area contributed by atoms with Gasteiger partial charge >= 0.3 is 0 Å². The Hall–Kier alpha value is -0.340. The van der Waals surface area contributed by atoms with E-state index in [2.05, 4.69) is 13.5 Å². The molecule has 0 N–H and O–H groups in total. The molecule has 1 aliphatic heterocycles. The van der Waals surface area contributed by atoms with Crippen LogP contribution in [0.2, 0.25) is 0 Å². The first kappa shape index (κ1) is 8.75. The summed E-state index contributed by atoms with van der Waals surface area (Å²) in [5.41, 5.74) is 0. The lowest BCUT2D eigenvalue weighted by Crippen LogP contribution is -2.14. The van der Waals surface area contributed by atoms with Gasteiger partial charge in [-0.2, -0.15) is 0 Å². The predicted octanol–water partition coefficient (Wildman–Crippen LogP) is 1.76. The Bertz CT molecular complexity index is 119. The van der Waals surface area contributed by atoms with Gasteiger partial charge in [0, 0.05) is 0 Å². The second-order valence-corrected chi connectivity index (χ2v) is 2.84. The lowest BCUT2D eigenvalue weighted by Gasteiger charge is -2.12. The molecule has 1 aliphatic rings. The fraction of sp³-hybridized carbons (Fsp3) is 0.778. The van der Waals surface area contributed by atoms with E-state index in [-0.39, 0.29) is 0 Å². The Balaban J connectivity index is 2.03. The molecule has 0 amide bonds. The molecule has 0 saturated carbocycles. The maximum atomic E-state index is 5.56. The van der Waals surface area contributed by atoms with E-state index in [4.69, 9.17) is 9.47 Å². The van der Waals surface area contributed by atoms with Crippen molar-refractivity contribution in [3.63, 3.8) is 0 Å². The quantitative estimate of drug-likeness (QED) is 0.431. The van der Waals surface area contributed by atoms with Crippen LogP contribution in [0.1, 0.15) is 19.8 Å². The topological polar surface area (TPSA) is 21.8 Å². The van der Waals surface area contributed by atoms with Gasteiger partial charge in [0.1, 0.15) is 6.10 Å². The lowest BCUT2D eigenvalue weighted by atomic mass is 10.2. The maximum Gasteiger partial charge on any atom is 0.104 e. The number of ether oxygens (including phenoxy) is 2. The zero-order valence-corrected chi connectivity index (χ0v) is 7.08. The summed E-state index contributed by atoms with van der Waals surface area (Å²) in [5, 5.41) is 0. The molecule has 64 valence electrons. The van der Waals surface area contributed by atoms with Gasteiger partial charge in [0.15, 0.2) is 0 Å². The molecular formula is C9H16O2. The first-order valence-corrected chi connectivity index (χ1v) is 4.21. The molecule has 1 fully saturated rings. The van der Waals surface area contributed by atoms with Gasteiger partial charge in [0.25, 0.3) is 0 Å². The van der Waals surface area contributed by atoms with Crippen LogP contribution >= 0.6 is 0 Å². The molecule has 1 rings (SSSR count). The van der Waals surface area contributed by atoms with Gasteiger partial charge in [-0.25, -0.2) is 0 Å². The minimum absolute atomic E-state index is 0.344. The highest BCUT2D eigenvalue weighted by Gasteiger charge is 2.23. The van der Waals surface area contributed by atoms with Crippen molar-refractivity contribution in [2.24, 2.45) is 0 Å². The largest absolute Gasteiger partial charge is 0.375 e. The van der Waals surface area contributed by atoms with Crippen LogP contribution < -0.4 is 0 Å². The predicted molar refractivity (Wildman–Crippen MR) is 44.6 cm³/mol. The van der Waals surface area contributed by atoms with Gasteiger partial charge < -0.3 is 9.47 Å². The molecule has 1 saturated heterocycles. The highest BCUT2D eigenvalue weighted by Crippen LogP contribution is 2.12. The normalized spacial score (nSPS) is 24.6. The van der Waals surface area contributed by atoms with Gasteiger partial charge in [-0.1, -0.05) is 13.0 Å². The van der Waals surface area contributed by atoms with Crippen molar-refractivity contribution in [3.05, 3.63) is 12.7 Å². The first-order valence-electron chi connectivity index (χ1n) is 4.21. The highest BCUT2D eigenvalue weighted by molar-refractivity contribution is 4.74. The third kappa shape index (κ3) is 3.54. The van der Waals surface area contributed by atoms with Crippen LogP contribution in [0.5, 0.6) is 0 Å². The van der Waals surface area contributed by atoms with Crippen LogP contribution in [0.3, 0.4) is 0 Å². The van der Waals surface area contributed by atoms with Crippen LogP contribution in [0.4, 0.5) is 0 Å². The van der Waals surface area contributed by atoms with E-state index < -0.39 is 0 Å². The van der Waals surface area contributed by atoms with E-state index >= 15 is 0 Å². The first-order chi connectivity index (χ1) is 5.36. The van der Waals surface area contributed by atoms with E-state index in [0.29, 0.717) is 12.2 Å². The van der Waals surface area contributed by atoms with Crippen LogP contribution in [0, 0.1) is 0 Å². The average Bonchev–Trinajstić information content (AvgIpc) is 2.81. The van der Waals surface area contributed by atoms with Crippen molar-refractivity contribution in [1.82, 2.24) is 0 Å². The molecule has 1 heterocycles. The Labute approximate surface area is 68.2 Å². The maximum absolute atomic E-state index is 5.56. The Kier molecular flexibility index (Phi) is 3.60. The number of epoxide rings is 1. The summed E-state index contributed by atoms with van der Waals surface area (Å²) in [6.07, 6.45) is 4.63. The summed E-state index contributed by atoms with van der Waals surface area (Å²) in [5.74, 6) is 0. The summed E-state index contributed by atoms with van der Waals surface area (Å²) in [7, 11) is 0. The summed E-state index contributed by atoms with van der Waals surface area (Å²) in [4.78, 5) is 0. The Morgan fingerprint density at radius 3 is 3.00 bits per heavy atom. The third-order valence-corrected chi connectivity index (χ3v) is 1.81. The van der Waals surface area contributed by atoms with E-state index in [9.17, 15) is 0 Å². The fourth-order valence-corrected chi connectivity index (χ4v) is 0.946. The number of hydrogen-bond acceptors (Lipinski definition) is 2. The standard InChI is InChI=1S/C9H16O2/c1-3-5-8(4-2)10-6-9-7-11-9/h3,8-9H,1,4-7H2,2H3. The van der Waals surface area contributed by atoms with Crippen molar-refractivity contribution < 1.29 is 9.47 Å². The molecule has 11 heavy (non-hydrogen) atoms. The van der Waals surface area contributed by atoms with Crippen molar-refractivity contribution in [3.8, 4) is 0 Å². The summed E-state index contributed by atoms with van der Waals surface area (Å²) in [6, 6.07) is 0. The molecule has 2 nitrogen and oxygen atoms in total. The molecule has 0 aromatic rings. The van der Waals surface area contributed by atoms with E-state index in [0.717, 1.165) is 26.1 Å². The molecule has 0 spiro atoms. The van der Waals surface area contributed by atoms with Crippen LogP contribution in [-0.2, 0) is 9.47 Å². The van der Waals surface area contributed by atoms with Gasteiger partial charge in [-0.3, -0.25) is 0 Å². The molecule has 0 radical (unpaired) electrons. The lowest BCUT2D eigenvalue weighted by molar-refractivity contribution is 0.0424. The summed E-state index contributed by atoms with van der Waals surface area (Å²) < 4.78 is 10.6. The van der Waals surface area contributed by atoms with Gasteiger partial charge in [0.05, 0.1) is 19.3 Å². The highest BCUT2D eigenvalue weighted by atomic mass is 16.6. The summed E-state index contributed by atoms with van der Waals surface area (Å²) in [6.45, 7) is 7.44. The third-order valence-electron chi connectivity index (χ3n) is 1.81. The molecule has 0 aromatic heterocycles. The molecule has 2 unspecified atom stereocenters.